The molecule has 0 aromatic heterocycles. The average Bonchev–Trinajstić information content (AvgIpc) is 1.81. The van der Waals surface area contributed by atoms with E-state index in [4.69, 9.17) is 8.37 Å². The van der Waals surface area contributed by atoms with Gasteiger partial charge in [-0.1, -0.05) is 13.8 Å². The summed E-state index contributed by atoms with van der Waals surface area (Å²) in [5.41, 5.74) is -0.0199. The zero-order valence-electron chi connectivity index (χ0n) is 6.42. The first kappa shape index (κ1) is 8.17. The molecular formula is C6H12O3S. The van der Waals surface area contributed by atoms with Crippen molar-refractivity contribution < 1.29 is 12.6 Å². The lowest BCUT2D eigenvalue weighted by molar-refractivity contribution is 0.00659. The Kier molecular flexibility index (Phi) is 2.12. The molecule has 60 valence electrons. The van der Waals surface area contributed by atoms with E-state index in [0.717, 1.165) is 0 Å². The van der Waals surface area contributed by atoms with Crippen LogP contribution in [0.15, 0.2) is 0 Å². The van der Waals surface area contributed by atoms with Gasteiger partial charge in [0.15, 0.2) is 0 Å². The molecule has 0 bridgehead atoms. The van der Waals surface area contributed by atoms with E-state index < -0.39 is 11.4 Å². The molecule has 0 aromatic rings. The number of hydrogen-bond acceptors (Lipinski definition) is 3. The molecule has 2 unspecified atom stereocenters. The Balaban J connectivity index is 2.60. The molecule has 1 heterocycles. The van der Waals surface area contributed by atoms with E-state index in [2.05, 4.69) is 0 Å². The van der Waals surface area contributed by atoms with Gasteiger partial charge in [0, 0.05) is 5.41 Å². The van der Waals surface area contributed by atoms with Gasteiger partial charge in [0.2, 0.25) is 0 Å². The lowest BCUT2D eigenvalue weighted by Gasteiger charge is -2.33. The fourth-order valence-corrected chi connectivity index (χ4v) is 1.54. The van der Waals surface area contributed by atoms with Crippen LogP contribution in [0.3, 0.4) is 0 Å². The molecule has 0 radical (unpaired) electrons. The second kappa shape index (κ2) is 2.60. The molecule has 0 N–H and O–H groups in total. The molecule has 4 heteroatoms. The molecule has 0 amide bonds. The third kappa shape index (κ3) is 1.56. The van der Waals surface area contributed by atoms with Crippen LogP contribution in [-0.2, 0) is 19.7 Å². The Hall–Kier alpha value is 0.0700. The van der Waals surface area contributed by atoms with Gasteiger partial charge < -0.3 is 0 Å². The highest BCUT2D eigenvalue weighted by Gasteiger charge is 2.34. The highest BCUT2D eigenvalue weighted by molar-refractivity contribution is 7.75. The smallest absolute Gasteiger partial charge is 0.268 e. The number of rotatable bonds is 0. The topological polar surface area (TPSA) is 35.5 Å². The monoisotopic (exact) mass is 164 g/mol. The summed E-state index contributed by atoms with van der Waals surface area (Å²) in [6.45, 7) is 6.45. The maximum atomic E-state index is 10.6. The highest BCUT2D eigenvalue weighted by atomic mass is 32.2. The first-order valence-corrected chi connectivity index (χ1v) is 4.24. The fraction of sp³-hybridized carbons (Fsp3) is 1.00. The molecule has 1 aliphatic rings. The zero-order valence-corrected chi connectivity index (χ0v) is 7.23. The van der Waals surface area contributed by atoms with Crippen LogP contribution in [0.5, 0.6) is 0 Å². The minimum absolute atomic E-state index is 0.00193. The van der Waals surface area contributed by atoms with Crippen LogP contribution < -0.4 is 0 Å². The molecule has 1 fully saturated rings. The highest BCUT2D eigenvalue weighted by Crippen LogP contribution is 2.28. The number of hydrogen-bond donors (Lipinski definition) is 0. The zero-order chi connectivity index (χ0) is 7.78. The van der Waals surface area contributed by atoms with Crippen molar-refractivity contribution in [1.29, 1.82) is 0 Å². The van der Waals surface area contributed by atoms with Gasteiger partial charge >= 0.3 is 11.4 Å². The predicted octanol–water partition coefficient (Wildman–Crippen LogP) is 1.03. The van der Waals surface area contributed by atoms with Gasteiger partial charge in [-0.2, -0.15) is 4.21 Å². The van der Waals surface area contributed by atoms with Gasteiger partial charge in [0.1, 0.15) is 0 Å². The SMILES string of the molecule is CC1OS(=O)OCC1(C)C. The first-order chi connectivity index (χ1) is 4.52. The van der Waals surface area contributed by atoms with E-state index in [-0.39, 0.29) is 11.5 Å². The standard InChI is InChI=1S/C6H12O3S/c1-5-6(2,3)4-8-10(7)9-5/h5H,4H2,1-3H3. The summed E-state index contributed by atoms with van der Waals surface area (Å²) in [6, 6.07) is 0. The van der Waals surface area contributed by atoms with Gasteiger partial charge in [-0.15, -0.1) is 0 Å². The van der Waals surface area contributed by atoms with Gasteiger partial charge in [0.05, 0.1) is 12.7 Å². The van der Waals surface area contributed by atoms with Crippen LogP contribution in [-0.4, -0.2) is 16.9 Å². The molecule has 0 aromatic carbocycles. The minimum Gasteiger partial charge on any atom is -0.268 e. The molecule has 1 aliphatic heterocycles. The van der Waals surface area contributed by atoms with Gasteiger partial charge in [0.25, 0.3) is 0 Å². The van der Waals surface area contributed by atoms with Crippen molar-refractivity contribution in [3.63, 3.8) is 0 Å². The molecule has 1 saturated heterocycles. The van der Waals surface area contributed by atoms with Crippen molar-refractivity contribution >= 4 is 11.4 Å². The Bertz CT molecular complexity index is 155. The minimum atomic E-state index is -1.52. The van der Waals surface area contributed by atoms with Gasteiger partial charge in [-0.05, 0) is 6.92 Å². The Labute approximate surface area is 63.6 Å². The van der Waals surface area contributed by atoms with E-state index >= 15 is 0 Å². The summed E-state index contributed by atoms with van der Waals surface area (Å²) >= 11 is -1.52. The van der Waals surface area contributed by atoms with E-state index in [0.29, 0.717) is 6.61 Å². The summed E-state index contributed by atoms with van der Waals surface area (Å²) in [5, 5.41) is 0. The van der Waals surface area contributed by atoms with Gasteiger partial charge in [-0.25, -0.2) is 0 Å². The molecule has 10 heavy (non-hydrogen) atoms. The molecular weight excluding hydrogens is 152 g/mol. The first-order valence-electron chi connectivity index (χ1n) is 3.24. The largest absolute Gasteiger partial charge is 0.304 e. The van der Waals surface area contributed by atoms with Gasteiger partial charge in [-0.3, -0.25) is 8.37 Å². The Morgan fingerprint density at radius 1 is 1.60 bits per heavy atom. The van der Waals surface area contributed by atoms with Crippen molar-refractivity contribution in [2.24, 2.45) is 5.41 Å². The lowest BCUT2D eigenvalue weighted by Crippen LogP contribution is -2.39. The maximum Gasteiger partial charge on any atom is 0.304 e. The summed E-state index contributed by atoms with van der Waals surface area (Å²) in [4.78, 5) is 0. The van der Waals surface area contributed by atoms with E-state index in [9.17, 15) is 4.21 Å². The van der Waals surface area contributed by atoms with E-state index in [1.165, 1.54) is 0 Å². The normalized spacial score (nSPS) is 39.5. The Morgan fingerprint density at radius 3 is 2.60 bits per heavy atom. The molecule has 2 atom stereocenters. The van der Waals surface area contributed by atoms with Crippen molar-refractivity contribution in [2.45, 2.75) is 26.9 Å². The second-order valence-electron chi connectivity index (χ2n) is 3.19. The molecule has 0 spiro atoms. The molecule has 0 aliphatic carbocycles. The quantitative estimate of drug-likeness (QED) is 0.536. The summed E-state index contributed by atoms with van der Waals surface area (Å²) in [6.07, 6.45) is 0.00193. The van der Waals surface area contributed by atoms with Crippen molar-refractivity contribution in [2.75, 3.05) is 6.61 Å². The molecule has 3 nitrogen and oxygen atoms in total. The summed E-state index contributed by atoms with van der Waals surface area (Å²) in [5.74, 6) is 0. The average molecular weight is 164 g/mol. The van der Waals surface area contributed by atoms with Crippen molar-refractivity contribution in [3.05, 3.63) is 0 Å². The van der Waals surface area contributed by atoms with Crippen LogP contribution in [0.1, 0.15) is 20.8 Å². The fourth-order valence-electron chi connectivity index (χ4n) is 0.593. The molecule has 1 rings (SSSR count). The third-order valence-electron chi connectivity index (χ3n) is 1.85. The van der Waals surface area contributed by atoms with Crippen molar-refractivity contribution in [3.8, 4) is 0 Å². The lowest BCUT2D eigenvalue weighted by atomic mass is 9.89. The predicted molar refractivity (Wildman–Crippen MR) is 38.4 cm³/mol. The van der Waals surface area contributed by atoms with Crippen molar-refractivity contribution in [1.82, 2.24) is 0 Å². The molecule has 0 saturated carbocycles. The van der Waals surface area contributed by atoms with Crippen LogP contribution in [0.25, 0.3) is 0 Å². The Morgan fingerprint density at radius 2 is 2.20 bits per heavy atom. The van der Waals surface area contributed by atoms with Crippen LogP contribution in [0, 0.1) is 5.41 Å². The van der Waals surface area contributed by atoms with Crippen LogP contribution >= 0.6 is 0 Å². The van der Waals surface area contributed by atoms with Crippen LogP contribution in [0.2, 0.25) is 0 Å². The summed E-state index contributed by atoms with van der Waals surface area (Å²) < 4.78 is 20.4. The van der Waals surface area contributed by atoms with E-state index in [1.807, 2.05) is 20.8 Å². The third-order valence-corrected chi connectivity index (χ3v) is 2.61. The van der Waals surface area contributed by atoms with E-state index in [1.54, 1.807) is 0 Å². The second-order valence-corrected chi connectivity index (χ2v) is 4.03. The van der Waals surface area contributed by atoms with Crippen LogP contribution in [0.4, 0.5) is 0 Å². The maximum absolute atomic E-state index is 10.6. The summed E-state index contributed by atoms with van der Waals surface area (Å²) in [7, 11) is 0.